The Balaban J connectivity index is 2.15. The summed E-state index contributed by atoms with van der Waals surface area (Å²) in [7, 11) is -3.72. The van der Waals surface area contributed by atoms with E-state index in [4.69, 9.17) is 11.6 Å². The molecule has 0 aliphatic heterocycles. The lowest BCUT2D eigenvalue weighted by Gasteiger charge is -2.32. The number of amides is 1. The SMILES string of the molecule is CCCC(CC)NN(CC(C)(C)C)S(=O)(=O)c1ccc(CNC(=O)c2ccc(Cl)cc2)s1. The predicted molar refractivity (Wildman–Crippen MR) is 132 cm³/mol. The fourth-order valence-electron chi connectivity index (χ4n) is 3.11. The van der Waals surface area contributed by atoms with Crippen LogP contribution in [0.4, 0.5) is 0 Å². The molecule has 1 amide bonds. The van der Waals surface area contributed by atoms with E-state index in [1.54, 1.807) is 36.4 Å². The number of hydrazine groups is 1. The van der Waals surface area contributed by atoms with Crippen molar-refractivity contribution in [2.45, 2.75) is 70.7 Å². The van der Waals surface area contributed by atoms with Gasteiger partial charge >= 0.3 is 0 Å². The van der Waals surface area contributed by atoms with Crippen LogP contribution in [0, 0.1) is 5.41 Å². The molecule has 0 spiro atoms. The van der Waals surface area contributed by atoms with Gasteiger partial charge in [0.05, 0.1) is 6.54 Å². The van der Waals surface area contributed by atoms with Crippen LogP contribution in [0.1, 0.15) is 69.1 Å². The van der Waals surface area contributed by atoms with Crippen LogP contribution in [0.25, 0.3) is 0 Å². The highest BCUT2D eigenvalue weighted by molar-refractivity contribution is 7.91. The van der Waals surface area contributed by atoms with Crippen molar-refractivity contribution in [1.29, 1.82) is 0 Å². The maximum Gasteiger partial charge on any atom is 0.265 e. The Labute approximate surface area is 201 Å². The Morgan fingerprint density at radius 1 is 1.12 bits per heavy atom. The highest BCUT2D eigenvalue weighted by atomic mass is 35.5. The van der Waals surface area contributed by atoms with Crippen molar-refractivity contribution >= 4 is 38.9 Å². The summed E-state index contributed by atoms with van der Waals surface area (Å²) >= 11 is 7.04. The molecule has 2 N–H and O–H groups in total. The van der Waals surface area contributed by atoms with Gasteiger partial charge in [0, 0.05) is 28.0 Å². The topological polar surface area (TPSA) is 78.5 Å². The fourth-order valence-corrected chi connectivity index (χ4v) is 6.23. The van der Waals surface area contributed by atoms with Gasteiger partial charge in [-0.3, -0.25) is 4.79 Å². The molecule has 0 aliphatic carbocycles. The number of benzene rings is 1. The summed E-state index contributed by atoms with van der Waals surface area (Å²) in [6.07, 6.45) is 2.72. The normalized spacial score (nSPS) is 13.3. The molecule has 0 fully saturated rings. The molecule has 0 saturated heterocycles. The maximum absolute atomic E-state index is 13.4. The summed E-state index contributed by atoms with van der Waals surface area (Å²) in [6, 6.07) is 10.1. The van der Waals surface area contributed by atoms with Crippen LogP contribution < -0.4 is 10.7 Å². The van der Waals surface area contributed by atoms with Crippen molar-refractivity contribution in [2.75, 3.05) is 6.54 Å². The summed E-state index contributed by atoms with van der Waals surface area (Å²) < 4.78 is 28.6. The quantitative estimate of drug-likeness (QED) is 0.403. The molecule has 1 heterocycles. The van der Waals surface area contributed by atoms with Gasteiger partial charge in [-0.1, -0.05) is 52.6 Å². The highest BCUT2D eigenvalue weighted by Gasteiger charge is 2.31. The van der Waals surface area contributed by atoms with Crippen LogP contribution in [0.15, 0.2) is 40.6 Å². The number of nitrogens with zero attached hydrogens (tertiary/aromatic N) is 1. The van der Waals surface area contributed by atoms with Crippen molar-refractivity contribution in [3.05, 3.63) is 51.9 Å². The zero-order valence-corrected chi connectivity index (χ0v) is 21.8. The first-order chi connectivity index (χ1) is 15.0. The third kappa shape index (κ3) is 7.85. The van der Waals surface area contributed by atoms with E-state index in [-0.39, 0.29) is 28.1 Å². The number of rotatable bonds is 11. The first-order valence-corrected chi connectivity index (χ1v) is 13.5. The number of halogens is 1. The summed E-state index contributed by atoms with van der Waals surface area (Å²) in [4.78, 5) is 13.1. The molecule has 1 atom stereocenters. The van der Waals surface area contributed by atoms with E-state index < -0.39 is 10.0 Å². The molecule has 0 aliphatic rings. The van der Waals surface area contributed by atoms with Crippen molar-refractivity contribution in [2.24, 2.45) is 5.41 Å². The Hall–Kier alpha value is -1.45. The molecule has 6 nitrogen and oxygen atoms in total. The first-order valence-electron chi connectivity index (χ1n) is 10.9. The molecule has 178 valence electrons. The number of nitrogens with one attached hydrogen (secondary N) is 2. The van der Waals surface area contributed by atoms with E-state index >= 15 is 0 Å². The lowest BCUT2D eigenvalue weighted by atomic mass is 9.97. The van der Waals surface area contributed by atoms with Gasteiger partial charge in [-0.2, -0.15) is 0 Å². The number of carbonyl (C=O) groups excluding carboxylic acids is 1. The minimum Gasteiger partial charge on any atom is -0.347 e. The fraction of sp³-hybridized carbons (Fsp3) is 0.522. The van der Waals surface area contributed by atoms with Crippen molar-refractivity contribution in [1.82, 2.24) is 15.2 Å². The van der Waals surface area contributed by atoms with Crippen molar-refractivity contribution in [3.63, 3.8) is 0 Å². The van der Waals surface area contributed by atoms with Crippen molar-refractivity contribution < 1.29 is 13.2 Å². The third-order valence-electron chi connectivity index (χ3n) is 4.79. The molecule has 0 saturated carbocycles. The van der Waals surface area contributed by atoms with Crippen LogP contribution in [-0.4, -0.2) is 31.3 Å². The third-order valence-corrected chi connectivity index (χ3v) is 8.26. The van der Waals surface area contributed by atoms with Gasteiger partial charge < -0.3 is 5.32 Å². The van der Waals surface area contributed by atoms with E-state index in [1.807, 2.05) is 20.8 Å². The molecular weight excluding hydrogens is 466 g/mol. The van der Waals surface area contributed by atoms with Gasteiger partial charge in [0.1, 0.15) is 4.21 Å². The maximum atomic E-state index is 13.4. The zero-order chi connectivity index (χ0) is 23.9. The van der Waals surface area contributed by atoms with E-state index in [0.717, 1.165) is 24.1 Å². The molecule has 2 aromatic rings. The minimum atomic E-state index is -3.72. The summed E-state index contributed by atoms with van der Waals surface area (Å²) in [6.45, 7) is 10.8. The number of sulfonamides is 1. The molecule has 1 aromatic carbocycles. The number of hydrogen-bond acceptors (Lipinski definition) is 5. The van der Waals surface area contributed by atoms with Crippen LogP contribution in [-0.2, 0) is 16.6 Å². The van der Waals surface area contributed by atoms with Crippen molar-refractivity contribution in [3.8, 4) is 0 Å². The van der Waals surface area contributed by atoms with E-state index in [1.165, 1.54) is 15.8 Å². The van der Waals surface area contributed by atoms with Crippen LogP contribution in [0.5, 0.6) is 0 Å². The molecule has 1 aromatic heterocycles. The minimum absolute atomic E-state index is 0.0928. The van der Waals surface area contributed by atoms with Gasteiger partial charge in [0.2, 0.25) is 0 Å². The molecule has 9 heteroatoms. The first kappa shape index (κ1) is 26.8. The van der Waals surface area contributed by atoms with Gasteiger partial charge in [-0.05, 0) is 54.7 Å². The number of carbonyl (C=O) groups is 1. The molecule has 0 bridgehead atoms. The number of thiophene rings is 1. The zero-order valence-electron chi connectivity index (χ0n) is 19.4. The smallest absolute Gasteiger partial charge is 0.265 e. The molecule has 32 heavy (non-hydrogen) atoms. The van der Waals surface area contributed by atoms with Gasteiger partial charge in [0.15, 0.2) is 0 Å². The van der Waals surface area contributed by atoms with E-state index in [0.29, 0.717) is 17.1 Å². The van der Waals surface area contributed by atoms with Crippen LogP contribution >= 0.6 is 22.9 Å². The largest absolute Gasteiger partial charge is 0.347 e. The molecular formula is C23H34ClN3O3S2. The second kappa shape index (κ2) is 11.6. The van der Waals surface area contributed by atoms with Gasteiger partial charge in [-0.25, -0.2) is 13.8 Å². The second-order valence-corrected chi connectivity index (χ2v) is 12.7. The molecule has 1 unspecified atom stereocenters. The van der Waals surface area contributed by atoms with Gasteiger partial charge in [0.25, 0.3) is 15.9 Å². The van der Waals surface area contributed by atoms with Crippen LogP contribution in [0.3, 0.4) is 0 Å². The van der Waals surface area contributed by atoms with E-state index in [9.17, 15) is 13.2 Å². The summed E-state index contributed by atoms with van der Waals surface area (Å²) in [5.41, 5.74) is 3.55. The standard InChI is InChI=1S/C23H34ClN3O3S2/c1-6-8-19(7-2)26-27(16-23(3,4)5)32(29,30)21-14-13-20(31-21)15-25-22(28)17-9-11-18(24)12-10-17/h9-14,19,26H,6-8,15-16H2,1-5H3,(H,25,28). The average Bonchev–Trinajstić information content (AvgIpc) is 3.20. The Bertz CT molecular complexity index is 983. The lowest BCUT2D eigenvalue weighted by Crippen LogP contribution is -2.50. The average molecular weight is 500 g/mol. The monoisotopic (exact) mass is 499 g/mol. The van der Waals surface area contributed by atoms with Gasteiger partial charge in [-0.15, -0.1) is 15.8 Å². The molecule has 0 radical (unpaired) electrons. The Kier molecular flexibility index (Phi) is 9.72. The Morgan fingerprint density at radius 3 is 2.34 bits per heavy atom. The summed E-state index contributed by atoms with van der Waals surface area (Å²) in [5, 5.41) is 3.39. The number of hydrogen-bond donors (Lipinski definition) is 2. The Morgan fingerprint density at radius 2 is 1.78 bits per heavy atom. The summed E-state index contributed by atoms with van der Waals surface area (Å²) in [5.74, 6) is -0.235. The predicted octanol–water partition coefficient (Wildman–Crippen LogP) is 5.45. The van der Waals surface area contributed by atoms with Crippen LogP contribution in [0.2, 0.25) is 5.02 Å². The molecule has 2 rings (SSSR count). The highest BCUT2D eigenvalue weighted by Crippen LogP contribution is 2.27. The second-order valence-electron chi connectivity index (χ2n) is 9.01. The lowest BCUT2D eigenvalue weighted by molar-refractivity contribution is 0.0951. The van der Waals surface area contributed by atoms with E-state index in [2.05, 4.69) is 24.6 Å².